The van der Waals surface area contributed by atoms with Crippen molar-refractivity contribution in [1.82, 2.24) is 20.9 Å². The molecule has 0 saturated carbocycles. The predicted molar refractivity (Wildman–Crippen MR) is 122 cm³/mol. The van der Waals surface area contributed by atoms with E-state index in [0.29, 0.717) is 6.10 Å². The van der Waals surface area contributed by atoms with Crippen LogP contribution >= 0.6 is 0 Å². The Labute approximate surface area is 177 Å². The van der Waals surface area contributed by atoms with E-state index in [-0.39, 0.29) is 5.54 Å². The molecular weight excluding hydrogens is 362 g/mol. The van der Waals surface area contributed by atoms with Crippen LogP contribution < -0.4 is 16.0 Å². The Hall–Kier alpha value is -1.63. The topological polar surface area (TPSA) is 60.9 Å². The van der Waals surface area contributed by atoms with Crippen LogP contribution in [0.25, 0.3) is 0 Å². The van der Waals surface area contributed by atoms with E-state index in [0.717, 1.165) is 71.1 Å². The minimum atomic E-state index is 0.146. The number of nitrogens with zero attached hydrogens (tertiary/aromatic N) is 2. The van der Waals surface area contributed by atoms with Crippen LogP contribution in [0.3, 0.4) is 0 Å². The normalized spacial score (nSPS) is 16.8. The zero-order chi connectivity index (χ0) is 21.0. The minimum Gasteiger partial charge on any atom is -0.378 e. The molecular formula is C23H41N5O. The Kier molecular flexibility index (Phi) is 10.5. The summed E-state index contributed by atoms with van der Waals surface area (Å²) in [6.07, 6.45) is 3.66. The predicted octanol–water partition coefficient (Wildman–Crippen LogP) is 2.61. The second-order valence-electron chi connectivity index (χ2n) is 8.79. The molecule has 1 heterocycles. The number of hydrogen-bond acceptors (Lipinski definition) is 4. The fraction of sp³-hybridized carbons (Fsp3) is 0.696. The maximum absolute atomic E-state index is 6.10. The van der Waals surface area contributed by atoms with E-state index in [9.17, 15) is 0 Å². The van der Waals surface area contributed by atoms with Gasteiger partial charge in [0.05, 0.1) is 6.10 Å². The third-order valence-corrected chi connectivity index (χ3v) is 5.05. The molecule has 0 radical (unpaired) electrons. The maximum atomic E-state index is 6.10. The highest BCUT2D eigenvalue weighted by Gasteiger charge is 2.19. The van der Waals surface area contributed by atoms with Crippen LogP contribution in [-0.4, -0.2) is 68.9 Å². The summed E-state index contributed by atoms with van der Waals surface area (Å²) in [5, 5.41) is 10.2. The second-order valence-corrected chi connectivity index (χ2v) is 8.79. The molecule has 1 aliphatic heterocycles. The molecule has 0 bridgehead atoms. The summed E-state index contributed by atoms with van der Waals surface area (Å²) < 4.78 is 6.10. The largest absolute Gasteiger partial charge is 0.378 e. The summed E-state index contributed by atoms with van der Waals surface area (Å²) in [5.41, 5.74) is 1.54. The smallest absolute Gasteiger partial charge is 0.191 e. The van der Waals surface area contributed by atoms with E-state index >= 15 is 0 Å². The number of rotatable bonds is 10. The summed E-state index contributed by atoms with van der Waals surface area (Å²) in [5.74, 6) is 0.856. The van der Waals surface area contributed by atoms with Crippen molar-refractivity contribution in [3.8, 4) is 0 Å². The maximum Gasteiger partial charge on any atom is 0.191 e. The summed E-state index contributed by atoms with van der Waals surface area (Å²) >= 11 is 0. The van der Waals surface area contributed by atoms with Crippen LogP contribution in [0.2, 0.25) is 0 Å². The fourth-order valence-corrected chi connectivity index (χ4v) is 3.44. The molecule has 1 saturated heterocycles. The van der Waals surface area contributed by atoms with E-state index in [1.807, 2.05) is 7.05 Å². The van der Waals surface area contributed by atoms with Gasteiger partial charge in [0.1, 0.15) is 0 Å². The van der Waals surface area contributed by atoms with Crippen molar-refractivity contribution in [2.75, 3.05) is 46.4 Å². The molecule has 0 aromatic heterocycles. The van der Waals surface area contributed by atoms with E-state index in [1.54, 1.807) is 0 Å². The van der Waals surface area contributed by atoms with Gasteiger partial charge in [0.2, 0.25) is 0 Å². The third kappa shape index (κ3) is 10.6. The van der Waals surface area contributed by atoms with Crippen molar-refractivity contribution in [3.05, 3.63) is 35.9 Å². The molecule has 0 spiro atoms. The summed E-state index contributed by atoms with van der Waals surface area (Å²) in [6.45, 7) is 13.3. The van der Waals surface area contributed by atoms with Crippen molar-refractivity contribution in [1.29, 1.82) is 0 Å². The van der Waals surface area contributed by atoms with Gasteiger partial charge in [0.25, 0.3) is 0 Å². The number of benzene rings is 1. The second kappa shape index (κ2) is 12.8. The highest BCUT2D eigenvalue weighted by Crippen LogP contribution is 2.16. The molecule has 0 aliphatic carbocycles. The number of guanidine groups is 1. The lowest BCUT2D eigenvalue weighted by atomic mass is 10.1. The molecule has 2 rings (SSSR count). The van der Waals surface area contributed by atoms with Crippen LogP contribution in [0.1, 0.15) is 45.6 Å². The average Bonchev–Trinajstić information content (AvgIpc) is 2.70. The molecule has 0 atom stereocenters. The van der Waals surface area contributed by atoms with Gasteiger partial charge in [-0.15, -0.1) is 0 Å². The Morgan fingerprint density at radius 2 is 1.76 bits per heavy atom. The number of nitrogens with one attached hydrogen (secondary N) is 3. The lowest BCUT2D eigenvalue weighted by Gasteiger charge is -2.32. The highest BCUT2D eigenvalue weighted by atomic mass is 16.5. The lowest BCUT2D eigenvalue weighted by Crippen LogP contribution is -2.44. The zero-order valence-corrected chi connectivity index (χ0v) is 18.8. The van der Waals surface area contributed by atoms with Gasteiger partial charge in [-0.1, -0.05) is 30.3 Å². The van der Waals surface area contributed by atoms with Gasteiger partial charge in [-0.2, -0.15) is 0 Å². The third-order valence-electron chi connectivity index (χ3n) is 5.05. The quantitative estimate of drug-likeness (QED) is 0.318. The standard InChI is InChI=1S/C23H41N5O/c1-23(2,3)27-15-14-26-22(24-4)25-13-8-18-29-21-11-16-28(17-12-21)19-20-9-6-5-7-10-20/h5-7,9-10,21,27H,8,11-19H2,1-4H3,(H2,24,25,26). The van der Waals surface area contributed by atoms with Gasteiger partial charge >= 0.3 is 0 Å². The van der Waals surface area contributed by atoms with Crippen molar-refractivity contribution in [2.45, 2.75) is 58.2 Å². The van der Waals surface area contributed by atoms with Crippen molar-refractivity contribution < 1.29 is 4.74 Å². The van der Waals surface area contributed by atoms with Gasteiger partial charge in [-0.05, 0) is 45.6 Å². The van der Waals surface area contributed by atoms with E-state index < -0.39 is 0 Å². The molecule has 6 heteroatoms. The molecule has 1 aromatic rings. The van der Waals surface area contributed by atoms with Crippen LogP contribution in [-0.2, 0) is 11.3 Å². The first-order valence-corrected chi connectivity index (χ1v) is 11.0. The number of piperidine rings is 1. The lowest BCUT2D eigenvalue weighted by molar-refractivity contribution is 0.00534. The monoisotopic (exact) mass is 403 g/mol. The number of hydrogen-bond donors (Lipinski definition) is 3. The Bertz CT molecular complexity index is 577. The van der Waals surface area contributed by atoms with Crippen molar-refractivity contribution in [3.63, 3.8) is 0 Å². The van der Waals surface area contributed by atoms with E-state index in [1.165, 1.54) is 5.56 Å². The summed E-state index contributed by atoms with van der Waals surface area (Å²) in [6, 6.07) is 10.7. The van der Waals surface area contributed by atoms with E-state index in [4.69, 9.17) is 4.74 Å². The first kappa shape index (κ1) is 23.6. The van der Waals surface area contributed by atoms with Crippen LogP contribution in [0.4, 0.5) is 0 Å². The van der Waals surface area contributed by atoms with Crippen molar-refractivity contribution >= 4 is 5.96 Å². The van der Waals surface area contributed by atoms with Crippen molar-refractivity contribution in [2.24, 2.45) is 4.99 Å². The molecule has 3 N–H and O–H groups in total. The molecule has 6 nitrogen and oxygen atoms in total. The fourth-order valence-electron chi connectivity index (χ4n) is 3.44. The highest BCUT2D eigenvalue weighted by molar-refractivity contribution is 5.79. The minimum absolute atomic E-state index is 0.146. The van der Waals surface area contributed by atoms with Gasteiger partial charge in [-0.25, -0.2) is 0 Å². The number of likely N-dealkylation sites (tertiary alicyclic amines) is 1. The first-order chi connectivity index (χ1) is 14.0. The zero-order valence-electron chi connectivity index (χ0n) is 18.8. The molecule has 1 aliphatic rings. The van der Waals surface area contributed by atoms with Crippen LogP contribution in [0.5, 0.6) is 0 Å². The van der Waals surface area contributed by atoms with Gasteiger partial charge in [0.15, 0.2) is 5.96 Å². The van der Waals surface area contributed by atoms with Crippen LogP contribution in [0, 0.1) is 0 Å². The Morgan fingerprint density at radius 1 is 1.07 bits per heavy atom. The average molecular weight is 404 g/mol. The molecule has 1 fully saturated rings. The molecule has 29 heavy (non-hydrogen) atoms. The number of aliphatic imine (C=N–C) groups is 1. The van der Waals surface area contributed by atoms with Gasteiger partial charge in [-0.3, -0.25) is 9.89 Å². The number of ether oxygens (including phenoxy) is 1. The first-order valence-electron chi connectivity index (χ1n) is 11.0. The van der Waals surface area contributed by atoms with Gasteiger partial charge < -0.3 is 20.7 Å². The van der Waals surface area contributed by atoms with E-state index in [2.05, 4.69) is 76.9 Å². The molecule has 0 unspecified atom stereocenters. The Morgan fingerprint density at radius 3 is 2.41 bits per heavy atom. The Balaban J connectivity index is 1.49. The van der Waals surface area contributed by atoms with Gasteiger partial charge in [0, 0.05) is 58.5 Å². The molecule has 1 aromatic carbocycles. The summed E-state index contributed by atoms with van der Waals surface area (Å²) in [4.78, 5) is 6.80. The van der Waals surface area contributed by atoms with Crippen LogP contribution in [0.15, 0.2) is 35.3 Å². The SMILES string of the molecule is CN=C(NCCCOC1CCN(Cc2ccccc2)CC1)NCCNC(C)(C)C. The molecule has 0 amide bonds. The molecule has 164 valence electrons. The summed E-state index contributed by atoms with van der Waals surface area (Å²) in [7, 11) is 1.81.